The molecule has 0 aromatic rings. The zero-order valence-corrected chi connectivity index (χ0v) is 9.06. The Morgan fingerprint density at radius 2 is 1.92 bits per heavy atom. The largest absolute Gasteiger partial charge is 0.477 e. The number of carbonyl (C=O) groups is 1. The third-order valence-electron chi connectivity index (χ3n) is 2.54. The van der Waals surface area contributed by atoms with Crippen LogP contribution in [0.4, 0.5) is 0 Å². The molecule has 0 aliphatic heterocycles. The summed E-state index contributed by atoms with van der Waals surface area (Å²) in [5, 5.41) is 9.05. The van der Waals surface area contributed by atoms with E-state index in [2.05, 4.69) is 12.6 Å². The van der Waals surface area contributed by atoms with Gasteiger partial charge in [-0.1, -0.05) is 0 Å². The quantitative estimate of drug-likeness (QED) is 0.512. The molecule has 0 amide bonds. The van der Waals surface area contributed by atoms with Crippen molar-refractivity contribution in [2.75, 3.05) is 26.9 Å². The van der Waals surface area contributed by atoms with E-state index in [-0.39, 0.29) is 0 Å². The molecule has 4 heteroatoms. The number of thiol groups is 1. The minimum Gasteiger partial charge on any atom is -0.477 e. The standard InChI is InChI=1S/C8H17NO2S/c1-8(5-6-12,7(10)11)9(2,3)4/h5-6H2,1-4H3,(H-,10,11,12)/p+1. The lowest BCUT2D eigenvalue weighted by Gasteiger charge is -2.40. The van der Waals surface area contributed by atoms with Gasteiger partial charge in [0.25, 0.3) is 0 Å². The van der Waals surface area contributed by atoms with Crippen LogP contribution < -0.4 is 0 Å². The van der Waals surface area contributed by atoms with E-state index in [0.717, 1.165) is 0 Å². The Kier molecular flexibility index (Phi) is 3.59. The smallest absolute Gasteiger partial charge is 0.365 e. The highest BCUT2D eigenvalue weighted by Gasteiger charge is 2.44. The van der Waals surface area contributed by atoms with Gasteiger partial charge in [-0.15, -0.1) is 0 Å². The summed E-state index contributed by atoms with van der Waals surface area (Å²) in [7, 11) is 5.66. The third-order valence-corrected chi connectivity index (χ3v) is 2.76. The lowest BCUT2D eigenvalue weighted by molar-refractivity contribution is -0.911. The zero-order valence-electron chi connectivity index (χ0n) is 8.16. The van der Waals surface area contributed by atoms with Gasteiger partial charge in [-0.25, -0.2) is 4.79 Å². The van der Waals surface area contributed by atoms with Gasteiger partial charge in [0.1, 0.15) is 0 Å². The van der Waals surface area contributed by atoms with E-state index in [1.165, 1.54) is 0 Å². The third kappa shape index (κ3) is 2.14. The Morgan fingerprint density at radius 3 is 2.00 bits per heavy atom. The fourth-order valence-electron chi connectivity index (χ4n) is 0.947. The molecular formula is C8H18NO2S+. The van der Waals surface area contributed by atoms with Crippen LogP contribution >= 0.6 is 12.6 Å². The van der Waals surface area contributed by atoms with E-state index in [9.17, 15) is 4.79 Å². The van der Waals surface area contributed by atoms with E-state index in [1.807, 2.05) is 21.1 Å². The van der Waals surface area contributed by atoms with Crippen LogP contribution in [-0.2, 0) is 4.79 Å². The lowest BCUT2D eigenvalue weighted by Crippen LogP contribution is -2.60. The minimum atomic E-state index is -0.760. The van der Waals surface area contributed by atoms with E-state index in [4.69, 9.17) is 5.11 Å². The first-order valence-electron chi connectivity index (χ1n) is 3.91. The van der Waals surface area contributed by atoms with Gasteiger partial charge in [0.15, 0.2) is 5.54 Å². The summed E-state index contributed by atoms with van der Waals surface area (Å²) in [5.41, 5.74) is -0.734. The highest BCUT2D eigenvalue weighted by Crippen LogP contribution is 2.23. The molecule has 0 spiro atoms. The van der Waals surface area contributed by atoms with Crippen LogP contribution in [0.5, 0.6) is 0 Å². The molecule has 0 aliphatic rings. The van der Waals surface area contributed by atoms with Crippen molar-refractivity contribution in [3.8, 4) is 0 Å². The number of hydrogen-bond acceptors (Lipinski definition) is 2. The lowest BCUT2D eigenvalue weighted by atomic mass is 9.95. The van der Waals surface area contributed by atoms with Crippen molar-refractivity contribution < 1.29 is 14.4 Å². The van der Waals surface area contributed by atoms with Crippen LogP contribution in [0.25, 0.3) is 0 Å². The molecule has 0 aromatic carbocycles. The summed E-state index contributed by atoms with van der Waals surface area (Å²) in [5.74, 6) is -0.165. The molecule has 12 heavy (non-hydrogen) atoms. The Bertz CT molecular complexity index is 176. The van der Waals surface area contributed by atoms with Crippen molar-refractivity contribution in [2.24, 2.45) is 0 Å². The van der Waals surface area contributed by atoms with Gasteiger partial charge in [-0.3, -0.25) is 0 Å². The fraction of sp³-hybridized carbons (Fsp3) is 0.875. The second kappa shape index (κ2) is 3.66. The molecule has 72 valence electrons. The van der Waals surface area contributed by atoms with Crippen molar-refractivity contribution in [2.45, 2.75) is 18.9 Å². The second-order valence-electron chi connectivity index (χ2n) is 4.07. The van der Waals surface area contributed by atoms with E-state index in [0.29, 0.717) is 16.7 Å². The number of nitrogens with zero attached hydrogens (tertiary/aromatic N) is 1. The fourth-order valence-corrected chi connectivity index (χ4v) is 1.38. The number of likely N-dealkylation sites (N-methyl/N-ethyl adjacent to an activating group) is 1. The SMILES string of the molecule is CC(CCS)(C(=O)O)[N+](C)(C)C. The summed E-state index contributed by atoms with van der Waals surface area (Å²) >= 11 is 4.07. The first kappa shape index (κ1) is 11.8. The Balaban J connectivity index is 4.75. The van der Waals surface area contributed by atoms with Crippen LogP contribution in [0.1, 0.15) is 13.3 Å². The Labute approximate surface area is 79.4 Å². The van der Waals surface area contributed by atoms with Gasteiger partial charge in [0.2, 0.25) is 0 Å². The van der Waals surface area contributed by atoms with Crippen LogP contribution in [0.15, 0.2) is 0 Å². The predicted octanol–water partition coefficient (Wildman–Crippen LogP) is 0.856. The van der Waals surface area contributed by atoms with Gasteiger partial charge in [0, 0.05) is 13.3 Å². The first-order valence-corrected chi connectivity index (χ1v) is 4.55. The summed E-state index contributed by atoms with van der Waals surface area (Å²) in [4.78, 5) is 11.0. The molecule has 0 aromatic heterocycles. The summed E-state index contributed by atoms with van der Waals surface area (Å²) in [6.45, 7) is 1.76. The van der Waals surface area contributed by atoms with Gasteiger partial charge >= 0.3 is 5.97 Å². The Hall–Kier alpha value is -0.220. The van der Waals surface area contributed by atoms with Crippen molar-refractivity contribution in [3.63, 3.8) is 0 Å². The molecule has 1 unspecified atom stereocenters. The normalized spacial score (nSPS) is 17.1. The first-order chi connectivity index (χ1) is 5.25. The maximum Gasteiger partial charge on any atom is 0.365 e. The summed E-state index contributed by atoms with van der Waals surface area (Å²) < 4.78 is 0.420. The van der Waals surface area contributed by atoms with Crippen molar-refractivity contribution in [3.05, 3.63) is 0 Å². The number of aliphatic carboxylic acids is 1. The Morgan fingerprint density at radius 1 is 1.50 bits per heavy atom. The number of rotatable bonds is 4. The van der Waals surface area contributed by atoms with Gasteiger partial charge in [-0.2, -0.15) is 12.6 Å². The van der Waals surface area contributed by atoms with Gasteiger partial charge in [-0.05, 0) is 5.75 Å². The molecule has 0 rings (SSSR count). The summed E-state index contributed by atoms with van der Waals surface area (Å²) in [6, 6.07) is 0. The molecule has 0 saturated heterocycles. The topological polar surface area (TPSA) is 37.3 Å². The number of carboxylic acids is 1. The molecule has 0 heterocycles. The molecule has 0 bridgehead atoms. The molecule has 1 atom stereocenters. The molecule has 3 nitrogen and oxygen atoms in total. The van der Waals surface area contributed by atoms with Crippen LogP contribution in [0.3, 0.4) is 0 Å². The number of carboxylic acid groups (broad SMARTS) is 1. The molecule has 0 radical (unpaired) electrons. The minimum absolute atomic E-state index is 0.420. The van der Waals surface area contributed by atoms with Crippen molar-refractivity contribution >= 4 is 18.6 Å². The van der Waals surface area contributed by atoms with Crippen LogP contribution in [0, 0.1) is 0 Å². The average molecular weight is 192 g/mol. The highest BCUT2D eigenvalue weighted by molar-refractivity contribution is 7.80. The second-order valence-corrected chi connectivity index (χ2v) is 4.51. The molecule has 1 N–H and O–H groups in total. The van der Waals surface area contributed by atoms with Crippen molar-refractivity contribution in [1.29, 1.82) is 0 Å². The van der Waals surface area contributed by atoms with Crippen molar-refractivity contribution in [1.82, 2.24) is 0 Å². The molecule has 0 saturated carbocycles. The van der Waals surface area contributed by atoms with Crippen LogP contribution in [0.2, 0.25) is 0 Å². The van der Waals surface area contributed by atoms with E-state index < -0.39 is 11.5 Å². The van der Waals surface area contributed by atoms with Crippen LogP contribution in [-0.4, -0.2) is 48.0 Å². The maximum absolute atomic E-state index is 11.0. The summed E-state index contributed by atoms with van der Waals surface area (Å²) in [6.07, 6.45) is 0.578. The van der Waals surface area contributed by atoms with E-state index in [1.54, 1.807) is 6.92 Å². The molecule has 0 aliphatic carbocycles. The zero-order chi connectivity index (χ0) is 9.99. The molecular weight excluding hydrogens is 174 g/mol. The maximum atomic E-state index is 11.0. The van der Waals surface area contributed by atoms with E-state index >= 15 is 0 Å². The highest BCUT2D eigenvalue weighted by atomic mass is 32.1. The number of quaternary nitrogens is 1. The molecule has 0 fully saturated rings. The predicted molar refractivity (Wildman–Crippen MR) is 52.5 cm³/mol. The monoisotopic (exact) mass is 192 g/mol. The average Bonchev–Trinajstić information content (AvgIpc) is 1.85. The number of hydrogen-bond donors (Lipinski definition) is 2. The van der Waals surface area contributed by atoms with Gasteiger partial charge < -0.3 is 9.59 Å². The van der Waals surface area contributed by atoms with Gasteiger partial charge in [0.05, 0.1) is 21.1 Å².